The molecule has 0 aromatic heterocycles. The normalized spacial score (nSPS) is 21.5. The Bertz CT molecular complexity index is 1180. The molecule has 0 spiro atoms. The fraction of sp³-hybridized carbons (Fsp3) is 0.357. The van der Waals surface area contributed by atoms with E-state index in [0.29, 0.717) is 25.8 Å². The molecule has 174 valence electrons. The van der Waals surface area contributed by atoms with Gasteiger partial charge in [-0.05, 0) is 43.0 Å². The Morgan fingerprint density at radius 2 is 1.85 bits per heavy atom. The average Bonchev–Trinajstić information content (AvgIpc) is 2.85. The highest BCUT2D eigenvalue weighted by molar-refractivity contribution is 6.15. The molecule has 2 aromatic carbocycles. The first-order chi connectivity index (χ1) is 16.2. The summed E-state index contributed by atoms with van der Waals surface area (Å²) < 4.78 is 6.16. The summed E-state index contributed by atoms with van der Waals surface area (Å²) in [5, 5.41) is 9.64. The lowest BCUT2D eigenvalue weighted by Crippen LogP contribution is -2.50. The van der Waals surface area contributed by atoms with E-state index in [4.69, 9.17) is 4.74 Å². The van der Waals surface area contributed by atoms with Gasteiger partial charge in [-0.15, -0.1) is 0 Å². The topological polar surface area (TPSA) is 82.8 Å². The van der Waals surface area contributed by atoms with Crippen LogP contribution in [0.5, 0.6) is 0 Å². The molecule has 2 heterocycles. The zero-order chi connectivity index (χ0) is 24.3. The van der Waals surface area contributed by atoms with Crippen LogP contribution in [0.2, 0.25) is 0 Å². The molecule has 0 bridgehead atoms. The number of hydrogen-bond acceptors (Lipinski definition) is 4. The largest absolute Gasteiger partial charge is 0.438 e. The summed E-state index contributed by atoms with van der Waals surface area (Å²) in [6.45, 7) is 6.28. The fourth-order valence-corrected chi connectivity index (χ4v) is 4.72. The van der Waals surface area contributed by atoms with Crippen LogP contribution in [-0.4, -0.2) is 29.7 Å². The minimum absolute atomic E-state index is 0.137. The number of hydrogen-bond donors (Lipinski definition) is 0. The van der Waals surface area contributed by atoms with E-state index in [-0.39, 0.29) is 18.0 Å². The van der Waals surface area contributed by atoms with E-state index in [9.17, 15) is 14.9 Å². The van der Waals surface area contributed by atoms with Gasteiger partial charge in [0, 0.05) is 32.0 Å². The third-order valence-electron chi connectivity index (χ3n) is 6.64. The third kappa shape index (κ3) is 4.79. The predicted molar refractivity (Wildman–Crippen MR) is 131 cm³/mol. The first-order valence-corrected chi connectivity index (χ1v) is 11.6. The number of cyclic esters (lactones) is 1. The number of nitriles is 1. The van der Waals surface area contributed by atoms with Crippen LogP contribution in [0.4, 0.5) is 4.79 Å². The molecule has 0 aliphatic carbocycles. The number of benzene rings is 2. The summed E-state index contributed by atoms with van der Waals surface area (Å²) in [5.74, 6) is -0.137. The van der Waals surface area contributed by atoms with Crippen LogP contribution in [0.25, 0.3) is 5.57 Å². The van der Waals surface area contributed by atoms with Crippen molar-refractivity contribution in [1.82, 2.24) is 4.90 Å². The second-order valence-corrected chi connectivity index (χ2v) is 9.66. The van der Waals surface area contributed by atoms with Crippen molar-refractivity contribution < 1.29 is 14.3 Å². The van der Waals surface area contributed by atoms with E-state index in [0.717, 1.165) is 22.3 Å². The van der Waals surface area contributed by atoms with Crippen molar-refractivity contribution in [3.05, 3.63) is 77.4 Å². The number of allylic oxidation sites excluding steroid dienone is 1. The highest BCUT2D eigenvalue weighted by Gasteiger charge is 2.46. The lowest BCUT2D eigenvalue weighted by molar-refractivity contribution is -0.117. The Morgan fingerprint density at radius 3 is 2.44 bits per heavy atom. The van der Waals surface area contributed by atoms with Gasteiger partial charge in [-0.2, -0.15) is 5.26 Å². The van der Waals surface area contributed by atoms with Crippen molar-refractivity contribution in [2.45, 2.75) is 51.7 Å². The molecule has 2 amide bonds. The summed E-state index contributed by atoms with van der Waals surface area (Å²) in [5.41, 5.74) is 2.35. The van der Waals surface area contributed by atoms with E-state index in [1.165, 1.54) is 0 Å². The van der Waals surface area contributed by atoms with Gasteiger partial charge in [-0.25, -0.2) is 9.79 Å². The quantitative estimate of drug-likeness (QED) is 0.550. The molecule has 2 aromatic rings. The van der Waals surface area contributed by atoms with Crippen LogP contribution in [0.3, 0.4) is 0 Å². The van der Waals surface area contributed by atoms with Gasteiger partial charge in [0.05, 0.1) is 17.5 Å². The van der Waals surface area contributed by atoms with Crippen molar-refractivity contribution in [2.24, 2.45) is 10.4 Å². The molecule has 6 nitrogen and oxygen atoms in total. The first-order valence-electron chi connectivity index (χ1n) is 11.6. The zero-order valence-corrected chi connectivity index (χ0v) is 19.8. The van der Waals surface area contributed by atoms with Crippen LogP contribution in [0.15, 0.2) is 65.7 Å². The molecule has 0 radical (unpaired) electrons. The molecule has 6 heteroatoms. The van der Waals surface area contributed by atoms with Gasteiger partial charge in [-0.3, -0.25) is 4.79 Å². The number of ether oxygens (including phenoxy) is 1. The van der Waals surface area contributed by atoms with Gasteiger partial charge >= 0.3 is 6.09 Å². The monoisotopic (exact) mass is 455 g/mol. The lowest BCUT2D eigenvalue weighted by Gasteiger charge is -2.45. The number of carbonyl (C=O) groups is 2. The van der Waals surface area contributed by atoms with Gasteiger partial charge in [-0.1, -0.05) is 60.7 Å². The van der Waals surface area contributed by atoms with Crippen LogP contribution in [0.1, 0.15) is 62.8 Å². The molecule has 2 atom stereocenters. The highest BCUT2D eigenvalue weighted by Crippen LogP contribution is 2.44. The predicted octanol–water partition coefficient (Wildman–Crippen LogP) is 5.81. The molecule has 2 aliphatic heterocycles. The van der Waals surface area contributed by atoms with Crippen LogP contribution in [0, 0.1) is 16.7 Å². The fourth-order valence-electron chi connectivity index (χ4n) is 4.72. The summed E-state index contributed by atoms with van der Waals surface area (Å²) >= 11 is 0. The van der Waals surface area contributed by atoms with Crippen LogP contribution in [-0.2, 0) is 15.1 Å². The molecule has 2 aliphatic rings. The molecule has 1 saturated heterocycles. The van der Waals surface area contributed by atoms with Gasteiger partial charge in [0.15, 0.2) is 0 Å². The maximum Gasteiger partial charge on any atom is 0.411 e. The minimum Gasteiger partial charge on any atom is -0.438 e. The van der Waals surface area contributed by atoms with E-state index in [1.807, 2.05) is 81.4 Å². The number of carbonyl (C=O) groups excluding carboxylic acids is 2. The van der Waals surface area contributed by atoms with Crippen molar-refractivity contribution in [2.75, 3.05) is 6.54 Å². The average molecular weight is 456 g/mol. The standard InChI is InChI=1S/C28H29N3O3/c1-20(21-9-11-22(12-10-21)23-13-14-25(32)30-17-23)31-16-15-28(34-26(31)33,18-27(2,3)19-29)24-7-5-4-6-8-24/h4-13,17,20H,14-16,18H2,1-3H3/t20-,28-/m0/s1. The second kappa shape index (κ2) is 9.26. The second-order valence-electron chi connectivity index (χ2n) is 9.66. The van der Waals surface area contributed by atoms with Gasteiger partial charge in [0.1, 0.15) is 5.60 Å². The zero-order valence-electron chi connectivity index (χ0n) is 19.8. The summed E-state index contributed by atoms with van der Waals surface area (Å²) in [7, 11) is 0. The SMILES string of the molecule is C[C@@H](c1ccc(C2=CCC(=O)N=C2)cc1)N1CC[C@](CC(C)(C)C#N)(c2ccccc2)OC1=O. The Labute approximate surface area is 200 Å². The maximum absolute atomic E-state index is 13.3. The van der Waals surface area contributed by atoms with Gasteiger partial charge in [0.25, 0.3) is 0 Å². The Hall–Kier alpha value is -3.72. The molecule has 34 heavy (non-hydrogen) atoms. The van der Waals surface area contributed by atoms with Crippen LogP contribution >= 0.6 is 0 Å². The number of aliphatic imine (C=N–C) groups is 1. The van der Waals surface area contributed by atoms with Gasteiger partial charge in [0.2, 0.25) is 5.91 Å². The molecule has 4 rings (SSSR count). The minimum atomic E-state index is -0.831. The molecular weight excluding hydrogens is 426 g/mol. The molecule has 0 N–H and O–H groups in total. The number of dihydropyridines is 1. The lowest BCUT2D eigenvalue weighted by atomic mass is 9.75. The highest BCUT2D eigenvalue weighted by atomic mass is 16.6. The molecule has 0 unspecified atom stereocenters. The Morgan fingerprint density at radius 1 is 1.15 bits per heavy atom. The van der Waals surface area contributed by atoms with Crippen molar-refractivity contribution in [1.29, 1.82) is 5.26 Å². The molecule has 0 saturated carbocycles. The molecule has 1 fully saturated rings. The Balaban J connectivity index is 1.53. The van der Waals surface area contributed by atoms with Gasteiger partial charge < -0.3 is 9.64 Å². The van der Waals surface area contributed by atoms with Crippen LogP contribution < -0.4 is 0 Å². The summed E-state index contributed by atoms with van der Waals surface area (Å²) in [4.78, 5) is 30.2. The number of nitrogens with zero attached hydrogens (tertiary/aromatic N) is 3. The van der Waals surface area contributed by atoms with Crippen molar-refractivity contribution >= 4 is 23.8 Å². The number of amides is 2. The summed E-state index contributed by atoms with van der Waals surface area (Å²) in [6, 6.07) is 19.9. The third-order valence-corrected chi connectivity index (χ3v) is 6.64. The van der Waals surface area contributed by atoms with Crippen molar-refractivity contribution in [3.63, 3.8) is 0 Å². The number of rotatable bonds is 6. The van der Waals surface area contributed by atoms with E-state index in [2.05, 4.69) is 11.1 Å². The first kappa shape index (κ1) is 23.4. The van der Waals surface area contributed by atoms with E-state index < -0.39 is 11.0 Å². The summed E-state index contributed by atoms with van der Waals surface area (Å²) in [6.07, 6.45) is 4.45. The smallest absolute Gasteiger partial charge is 0.411 e. The van der Waals surface area contributed by atoms with E-state index >= 15 is 0 Å². The Kier molecular flexibility index (Phi) is 6.39. The van der Waals surface area contributed by atoms with Crippen molar-refractivity contribution in [3.8, 4) is 6.07 Å². The molecular formula is C28H29N3O3. The maximum atomic E-state index is 13.3. The van der Waals surface area contributed by atoms with E-state index in [1.54, 1.807) is 11.1 Å².